The van der Waals surface area contributed by atoms with E-state index < -0.39 is 0 Å². The van der Waals surface area contributed by atoms with Gasteiger partial charge in [0.25, 0.3) is 0 Å². The zero-order valence-corrected chi connectivity index (χ0v) is 10.2. The van der Waals surface area contributed by atoms with Gasteiger partial charge in [-0.2, -0.15) is 5.10 Å². The van der Waals surface area contributed by atoms with Gasteiger partial charge in [-0.15, -0.1) is 0 Å². The molecule has 0 aliphatic carbocycles. The minimum absolute atomic E-state index is 0.122. The minimum Gasteiger partial charge on any atom is -0.352 e. The van der Waals surface area contributed by atoms with Crippen LogP contribution >= 0.6 is 0 Å². The first-order chi connectivity index (χ1) is 8.24. The summed E-state index contributed by atoms with van der Waals surface area (Å²) in [6.07, 6.45) is 5.40. The molecule has 17 heavy (non-hydrogen) atoms. The first-order valence-electron chi connectivity index (χ1n) is 6.21. The molecule has 5 heteroatoms. The van der Waals surface area contributed by atoms with Crippen molar-refractivity contribution in [2.45, 2.75) is 32.4 Å². The van der Waals surface area contributed by atoms with Gasteiger partial charge in [-0.05, 0) is 38.4 Å². The van der Waals surface area contributed by atoms with Crippen molar-refractivity contribution < 1.29 is 4.79 Å². The maximum Gasteiger partial charge on any atom is 0.220 e. The largest absolute Gasteiger partial charge is 0.352 e. The second kappa shape index (κ2) is 5.82. The third kappa shape index (κ3) is 3.85. The van der Waals surface area contributed by atoms with E-state index in [9.17, 15) is 4.79 Å². The van der Waals surface area contributed by atoms with Crippen LogP contribution in [0.15, 0.2) is 18.5 Å². The van der Waals surface area contributed by atoms with E-state index in [1.807, 2.05) is 23.9 Å². The number of hydrogen-bond donors (Lipinski definition) is 2. The zero-order chi connectivity index (χ0) is 12.1. The molecule has 1 aromatic heterocycles. The molecule has 2 heterocycles. The fourth-order valence-corrected chi connectivity index (χ4v) is 2.22. The van der Waals surface area contributed by atoms with Crippen LogP contribution in [0.25, 0.3) is 0 Å². The highest BCUT2D eigenvalue weighted by molar-refractivity contribution is 5.76. The fraction of sp³-hybridized carbons (Fsp3) is 0.667. The van der Waals surface area contributed by atoms with Gasteiger partial charge in [-0.25, -0.2) is 0 Å². The standard InChI is InChI=1S/C12H20N4O/c1-10(9-16-6-2-4-14-16)15-12(17)7-11-3-5-13-8-11/h2,4,6,10-11,13H,3,5,7-9H2,1H3,(H,15,17). The molecule has 1 saturated heterocycles. The molecule has 5 nitrogen and oxygen atoms in total. The fourth-order valence-electron chi connectivity index (χ4n) is 2.22. The highest BCUT2D eigenvalue weighted by atomic mass is 16.1. The van der Waals surface area contributed by atoms with Gasteiger partial charge in [-0.3, -0.25) is 9.48 Å². The SMILES string of the molecule is CC(Cn1cccn1)NC(=O)CC1CCNC1. The van der Waals surface area contributed by atoms with Crippen LogP contribution in [-0.4, -0.2) is 34.8 Å². The van der Waals surface area contributed by atoms with Crippen molar-refractivity contribution in [2.24, 2.45) is 5.92 Å². The molecule has 1 aliphatic heterocycles. The van der Waals surface area contributed by atoms with E-state index in [1.165, 1.54) is 0 Å². The number of carbonyl (C=O) groups excluding carboxylic acids is 1. The lowest BCUT2D eigenvalue weighted by Gasteiger charge is -2.15. The van der Waals surface area contributed by atoms with Crippen LogP contribution < -0.4 is 10.6 Å². The molecule has 0 bridgehead atoms. The third-order valence-electron chi connectivity index (χ3n) is 3.06. The second-order valence-corrected chi connectivity index (χ2v) is 4.76. The summed E-state index contributed by atoms with van der Waals surface area (Å²) in [5, 5.41) is 10.4. The van der Waals surface area contributed by atoms with Crippen LogP contribution in [0.5, 0.6) is 0 Å². The molecule has 1 fully saturated rings. The molecule has 94 valence electrons. The van der Waals surface area contributed by atoms with Crippen LogP contribution in [0.2, 0.25) is 0 Å². The Kier molecular flexibility index (Phi) is 4.14. The Morgan fingerprint density at radius 2 is 2.59 bits per heavy atom. The summed E-state index contributed by atoms with van der Waals surface area (Å²) in [5.74, 6) is 0.658. The summed E-state index contributed by atoms with van der Waals surface area (Å²) < 4.78 is 1.84. The number of aromatic nitrogens is 2. The molecule has 2 unspecified atom stereocenters. The van der Waals surface area contributed by atoms with Gasteiger partial charge in [0.05, 0.1) is 6.54 Å². The average Bonchev–Trinajstić information content (AvgIpc) is 2.90. The number of rotatable bonds is 5. The topological polar surface area (TPSA) is 59.0 Å². The van der Waals surface area contributed by atoms with E-state index in [0.29, 0.717) is 12.3 Å². The van der Waals surface area contributed by atoms with E-state index in [2.05, 4.69) is 15.7 Å². The molecule has 0 radical (unpaired) electrons. The van der Waals surface area contributed by atoms with E-state index in [-0.39, 0.29) is 11.9 Å². The summed E-state index contributed by atoms with van der Waals surface area (Å²) in [7, 11) is 0. The summed E-state index contributed by atoms with van der Waals surface area (Å²) in [4.78, 5) is 11.8. The second-order valence-electron chi connectivity index (χ2n) is 4.76. The normalized spacial score (nSPS) is 21.4. The number of hydrogen-bond acceptors (Lipinski definition) is 3. The third-order valence-corrected chi connectivity index (χ3v) is 3.06. The Bertz CT molecular complexity index is 343. The average molecular weight is 236 g/mol. The van der Waals surface area contributed by atoms with Gasteiger partial charge in [0.2, 0.25) is 5.91 Å². The van der Waals surface area contributed by atoms with Crippen molar-refractivity contribution in [1.29, 1.82) is 0 Å². The monoisotopic (exact) mass is 236 g/mol. The van der Waals surface area contributed by atoms with E-state index >= 15 is 0 Å². The Morgan fingerprint density at radius 3 is 3.24 bits per heavy atom. The van der Waals surface area contributed by atoms with E-state index in [4.69, 9.17) is 0 Å². The van der Waals surface area contributed by atoms with Crippen LogP contribution in [0.4, 0.5) is 0 Å². The first-order valence-corrected chi connectivity index (χ1v) is 6.21. The molecular weight excluding hydrogens is 216 g/mol. The van der Waals surface area contributed by atoms with Crippen LogP contribution in [0.1, 0.15) is 19.8 Å². The number of nitrogens with one attached hydrogen (secondary N) is 2. The molecule has 1 amide bonds. The Balaban J connectivity index is 1.70. The summed E-state index contributed by atoms with van der Waals surface area (Å²) >= 11 is 0. The maximum absolute atomic E-state index is 11.8. The highest BCUT2D eigenvalue weighted by Gasteiger charge is 2.18. The van der Waals surface area contributed by atoms with Crippen molar-refractivity contribution in [2.75, 3.05) is 13.1 Å². The smallest absolute Gasteiger partial charge is 0.220 e. The lowest BCUT2D eigenvalue weighted by molar-refractivity contribution is -0.122. The first kappa shape index (κ1) is 12.1. The van der Waals surface area contributed by atoms with Crippen molar-refractivity contribution >= 4 is 5.91 Å². The Labute approximate surface area is 102 Å². The molecule has 0 aromatic carbocycles. The van der Waals surface area contributed by atoms with Crippen molar-refractivity contribution in [1.82, 2.24) is 20.4 Å². The lowest BCUT2D eigenvalue weighted by Crippen LogP contribution is -2.36. The van der Waals surface area contributed by atoms with E-state index in [1.54, 1.807) is 6.20 Å². The number of amides is 1. The van der Waals surface area contributed by atoms with Crippen molar-refractivity contribution in [3.63, 3.8) is 0 Å². The van der Waals surface area contributed by atoms with Gasteiger partial charge in [0.1, 0.15) is 0 Å². The maximum atomic E-state index is 11.8. The van der Waals surface area contributed by atoms with Gasteiger partial charge >= 0.3 is 0 Å². The Morgan fingerprint density at radius 1 is 1.71 bits per heavy atom. The van der Waals surface area contributed by atoms with E-state index in [0.717, 1.165) is 26.1 Å². The molecule has 1 aromatic rings. The van der Waals surface area contributed by atoms with Crippen LogP contribution in [0.3, 0.4) is 0 Å². The van der Waals surface area contributed by atoms with Gasteiger partial charge in [0.15, 0.2) is 0 Å². The molecule has 1 aliphatic rings. The van der Waals surface area contributed by atoms with Gasteiger partial charge in [-0.1, -0.05) is 0 Å². The summed E-state index contributed by atoms with van der Waals surface area (Å²) in [5.41, 5.74) is 0. The molecule has 2 atom stereocenters. The minimum atomic E-state index is 0.122. The zero-order valence-electron chi connectivity index (χ0n) is 10.2. The van der Waals surface area contributed by atoms with Crippen molar-refractivity contribution in [3.8, 4) is 0 Å². The lowest BCUT2D eigenvalue weighted by atomic mass is 10.0. The molecule has 2 rings (SSSR count). The van der Waals surface area contributed by atoms with Gasteiger partial charge < -0.3 is 10.6 Å². The molecule has 0 saturated carbocycles. The van der Waals surface area contributed by atoms with Crippen molar-refractivity contribution in [3.05, 3.63) is 18.5 Å². The molecule has 0 spiro atoms. The van der Waals surface area contributed by atoms with Crippen LogP contribution in [-0.2, 0) is 11.3 Å². The number of carbonyl (C=O) groups is 1. The Hall–Kier alpha value is -1.36. The summed E-state index contributed by atoms with van der Waals surface area (Å²) in [6, 6.07) is 2.01. The predicted molar refractivity (Wildman–Crippen MR) is 65.4 cm³/mol. The van der Waals surface area contributed by atoms with Crippen LogP contribution in [0, 0.1) is 5.92 Å². The van der Waals surface area contributed by atoms with Gasteiger partial charge in [0, 0.05) is 24.9 Å². The number of nitrogens with zero attached hydrogens (tertiary/aromatic N) is 2. The summed E-state index contributed by atoms with van der Waals surface area (Å²) in [6.45, 7) is 4.75. The quantitative estimate of drug-likeness (QED) is 0.777. The molecular formula is C12H20N4O. The highest BCUT2D eigenvalue weighted by Crippen LogP contribution is 2.11. The predicted octanol–water partition coefficient (Wildman–Crippen LogP) is 0.387. The molecule has 2 N–H and O–H groups in total.